The van der Waals surface area contributed by atoms with Crippen molar-refractivity contribution < 1.29 is 13.9 Å². The third kappa shape index (κ3) is 5.13. The molecule has 24 heavy (non-hydrogen) atoms. The maximum absolute atomic E-state index is 11.5. The maximum Gasteiger partial charge on any atom is 0.286 e. The first-order chi connectivity index (χ1) is 11.5. The molecule has 0 aliphatic carbocycles. The van der Waals surface area contributed by atoms with Crippen molar-refractivity contribution in [2.45, 2.75) is 26.8 Å². The molecule has 0 spiro atoms. The van der Waals surface area contributed by atoms with Crippen molar-refractivity contribution in [3.05, 3.63) is 53.0 Å². The minimum Gasteiger partial charge on any atom is -0.493 e. The van der Waals surface area contributed by atoms with Gasteiger partial charge in [-0.15, -0.1) is 0 Å². The summed E-state index contributed by atoms with van der Waals surface area (Å²) in [5, 5.41) is 2.55. The number of benzene rings is 1. The van der Waals surface area contributed by atoms with Gasteiger partial charge in [0.1, 0.15) is 11.5 Å². The van der Waals surface area contributed by atoms with E-state index in [1.54, 1.807) is 13.1 Å². The van der Waals surface area contributed by atoms with Gasteiger partial charge in [0.05, 0.1) is 13.2 Å². The lowest BCUT2D eigenvalue weighted by Crippen LogP contribution is -2.20. The summed E-state index contributed by atoms with van der Waals surface area (Å²) in [6, 6.07) is 9.78. The minimum absolute atomic E-state index is 0.203. The summed E-state index contributed by atoms with van der Waals surface area (Å²) >= 11 is 0. The van der Waals surface area contributed by atoms with E-state index in [9.17, 15) is 4.79 Å². The van der Waals surface area contributed by atoms with Crippen LogP contribution in [0.4, 0.5) is 0 Å². The molecule has 0 atom stereocenters. The van der Waals surface area contributed by atoms with Crippen LogP contribution in [-0.2, 0) is 6.54 Å². The molecule has 1 aromatic carbocycles. The van der Waals surface area contributed by atoms with Crippen LogP contribution in [0.25, 0.3) is 0 Å². The molecule has 1 aromatic heterocycles. The quantitative estimate of drug-likeness (QED) is 0.756. The molecule has 0 unspecified atom stereocenters. The summed E-state index contributed by atoms with van der Waals surface area (Å²) in [4.78, 5) is 13.6. The molecule has 0 aliphatic rings. The van der Waals surface area contributed by atoms with Crippen LogP contribution in [0.1, 0.15) is 33.9 Å². The van der Waals surface area contributed by atoms with Gasteiger partial charge >= 0.3 is 0 Å². The Bertz CT molecular complexity index is 679. The van der Waals surface area contributed by atoms with Crippen molar-refractivity contribution in [3.63, 3.8) is 0 Å². The van der Waals surface area contributed by atoms with E-state index in [0.29, 0.717) is 18.9 Å². The van der Waals surface area contributed by atoms with Crippen LogP contribution in [0.5, 0.6) is 5.75 Å². The molecule has 1 N–H and O–H groups in total. The summed E-state index contributed by atoms with van der Waals surface area (Å²) in [6.07, 6.45) is 0.924. The van der Waals surface area contributed by atoms with Gasteiger partial charge in [0, 0.05) is 13.6 Å². The first-order valence-corrected chi connectivity index (χ1v) is 8.19. The van der Waals surface area contributed by atoms with Gasteiger partial charge in [0.15, 0.2) is 5.76 Å². The Hall–Kier alpha value is -2.27. The van der Waals surface area contributed by atoms with Crippen molar-refractivity contribution in [2.75, 3.05) is 27.2 Å². The fourth-order valence-corrected chi connectivity index (χ4v) is 2.43. The van der Waals surface area contributed by atoms with Gasteiger partial charge in [-0.2, -0.15) is 0 Å². The number of aryl methyl sites for hydroxylation is 2. The molecule has 5 nitrogen and oxygen atoms in total. The molecule has 0 aliphatic heterocycles. The number of carbonyl (C=O) groups is 1. The third-order valence-electron chi connectivity index (χ3n) is 3.82. The highest BCUT2D eigenvalue weighted by atomic mass is 16.5. The zero-order valence-electron chi connectivity index (χ0n) is 14.9. The molecule has 1 amide bonds. The smallest absolute Gasteiger partial charge is 0.286 e. The van der Waals surface area contributed by atoms with Crippen molar-refractivity contribution in [1.82, 2.24) is 10.2 Å². The highest BCUT2D eigenvalue weighted by molar-refractivity contribution is 5.91. The average molecular weight is 330 g/mol. The van der Waals surface area contributed by atoms with Gasteiger partial charge < -0.3 is 14.5 Å². The topological polar surface area (TPSA) is 54.7 Å². The van der Waals surface area contributed by atoms with E-state index in [1.807, 2.05) is 13.1 Å². The molecule has 0 fully saturated rings. The number of nitrogens with one attached hydrogen (secondary N) is 1. The number of hydrogen-bond acceptors (Lipinski definition) is 4. The Labute approximate surface area is 143 Å². The van der Waals surface area contributed by atoms with Crippen molar-refractivity contribution in [1.29, 1.82) is 0 Å². The normalized spacial score (nSPS) is 10.9. The van der Waals surface area contributed by atoms with Gasteiger partial charge in [0.25, 0.3) is 5.91 Å². The Morgan fingerprint density at radius 1 is 1.25 bits per heavy atom. The van der Waals surface area contributed by atoms with E-state index in [1.165, 1.54) is 5.56 Å². The number of furan rings is 1. The molecule has 0 saturated heterocycles. The first kappa shape index (κ1) is 18.1. The third-order valence-corrected chi connectivity index (χ3v) is 3.82. The fraction of sp³-hybridized carbons (Fsp3) is 0.421. The average Bonchev–Trinajstić information content (AvgIpc) is 3.02. The summed E-state index contributed by atoms with van der Waals surface area (Å²) in [7, 11) is 3.62. The second-order valence-corrected chi connectivity index (χ2v) is 6.05. The van der Waals surface area contributed by atoms with E-state index in [2.05, 4.69) is 42.3 Å². The van der Waals surface area contributed by atoms with Crippen LogP contribution in [0.3, 0.4) is 0 Å². The van der Waals surface area contributed by atoms with Crippen LogP contribution in [-0.4, -0.2) is 38.1 Å². The summed E-state index contributed by atoms with van der Waals surface area (Å²) in [5.74, 6) is 1.88. The van der Waals surface area contributed by atoms with E-state index in [4.69, 9.17) is 9.15 Å². The monoisotopic (exact) mass is 330 g/mol. The van der Waals surface area contributed by atoms with E-state index < -0.39 is 0 Å². The van der Waals surface area contributed by atoms with E-state index in [-0.39, 0.29) is 5.91 Å². The Balaban J connectivity index is 1.73. The second-order valence-electron chi connectivity index (χ2n) is 6.05. The predicted molar refractivity (Wildman–Crippen MR) is 94.5 cm³/mol. The number of nitrogens with zero attached hydrogens (tertiary/aromatic N) is 1. The largest absolute Gasteiger partial charge is 0.493 e. The van der Waals surface area contributed by atoms with Crippen LogP contribution in [0.15, 0.2) is 34.7 Å². The minimum atomic E-state index is -0.203. The Morgan fingerprint density at radius 2 is 2.04 bits per heavy atom. The first-order valence-electron chi connectivity index (χ1n) is 8.19. The number of hydrogen-bond donors (Lipinski definition) is 1. The Kier molecular flexibility index (Phi) is 6.44. The standard InChI is InChI=1S/C19H26N2O3/c1-14-6-7-15(2)18(12-14)23-11-5-10-21(4)13-16-8-9-17(24-16)19(22)20-3/h6-9,12H,5,10-11,13H2,1-4H3,(H,20,22). The highest BCUT2D eigenvalue weighted by Crippen LogP contribution is 2.19. The van der Waals surface area contributed by atoms with Crippen molar-refractivity contribution >= 4 is 5.91 Å². The molecular formula is C19H26N2O3. The van der Waals surface area contributed by atoms with Crippen LogP contribution >= 0.6 is 0 Å². The van der Waals surface area contributed by atoms with Crippen LogP contribution in [0, 0.1) is 13.8 Å². The molecular weight excluding hydrogens is 304 g/mol. The van der Waals surface area contributed by atoms with Gasteiger partial charge in [-0.05, 0) is 56.6 Å². The SMILES string of the molecule is CNC(=O)c1ccc(CN(C)CCCOc2cc(C)ccc2C)o1. The second kappa shape index (κ2) is 8.55. The number of rotatable bonds is 8. The molecule has 130 valence electrons. The maximum atomic E-state index is 11.5. The number of amides is 1. The zero-order chi connectivity index (χ0) is 17.5. The molecule has 2 aromatic rings. The molecule has 0 radical (unpaired) electrons. The van der Waals surface area contributed by atoms with Gasteiger partial charge in [-0.1, -0.05) is 12.1 Å². The van der Waals surface area contributed by atoms with Gasteiger partial charge in [-0.3, -0.25) is 9.69 Å². The summed E-state index contributed by atoms with van der Waals surface area (Å²) in [6.45, 7) is 6.36. The number of ether oxygens (including phenoxy) is 1. The lowest BCUT2D eigenvalue weighted by Gasteiger charge is -2.16. The van der Waals surface area contributed by atoms with E-state index in [0.717, 1.165) is 30.0 Å². The van der Waals surface area contributed by atoms with Crippen LogP contribution in [0.2, 0.25) is 0 Å². The van der Waals surface area contributed by atoms with Gasteiger partial charge in [-0.25, -0.2) is 0 Å². The molecule has 2 rings (SSSR count). The lowest BCUT2D eigenvalue weighted by molar-refractivity contribution is 0.0932. The molecule has 1 heterocycles. The van der Waals surface area contributed by atoms with Crippen molar-refractivity contribution in [3.8, 4) is 5.75 Å². The zero-order valence-corrected chi connectivity index (χ0v) is 14.9. The predicted octanol–water partition coefficient (Wildman–Crippen LogP) is 3.16. The lowest BCUT2D eigenvalue weighted by atomic mass is 10.1. The molecule has 0 bridgehead atoms. The summed E-state index contributed by atoms with van der Waals surface area (Å²) < 4.78 is 11.4. The summed E-state index contributed by atoms with van der Waals surface area (Å²) in [5.41, 5.74) is 2.36. The highest BCUT2D eigenvalue weighted by Gasteiger charge is 2.10. The Morgan fingerprint density at radius 3 is 2.79 bits per heavy atom. The van der Waals surface area contributed by atoms with E-state index >= 15 is 0 Å². The number of carbonyl (C=O) groups excluding carboxylic acids is 1. The van der Waals surface area contributed by atoms with Crippen LogP contribution < -0.4 is 10.1 Å². The fourth-order valence-electron chi connectivity index (χ4n) is 2.43. The molecule has 0 saturated carbocycles. The van der Waals surface area contributed by atoms with Gasteiger partial charge in [0.2, 0.25) is 0 Å². The molecule has 5 heteroatoms. The van der Waals surface area contributed by atoms with Crippen molar-refractivity contribution in [2.24, 2.45) is 0 Å².